The Kier molecular flexibility index (Phi) is 6.78. The number of hydrogen-bond acceptors (Lipinski definition) is 3. The van der Waals surface area contributed by atoms with E-state index in [4.69, 9.17) is 9.84 Å². The van der Waals surface area contributed by atoms with Crippen LogP contribution in [-0.4, -0.2) is 37.5 Å². The van der Waals surface area contributed by atoms with Crippen molar-refractivity contribution in [3.63, 3.8) is 0 Å². The normalized spacial score (nSPS) is 9.94. The fraction of sp³-hybridized carbons (Fsp3) is 0.417. The molecule has 0 saturated heterocycles. The lowest BCUT2D eigenvalue weighted by molar-refractivity contribution is 0.0947. The van der Waals surface area contributed by atoms with Gasteiger partial charge in [0.25, 0.3) is 0 Å². The van der Waals surface area contributed by atoms with Crippen LogP contribution in [0.1, 0.15) is 5.56 Å². The molecule has 3 N–H and O–H groups in total. The van der Waals surface area contributed by atoms with E-state index in [-0.39, 0.29) is 12.6 Å². The summed E-state index contributed by atoms with van der Waals surface area (Å²) in [7, 11) is 0. The van der Waals surface area contributed by atoms with Crippen LogP contribution in [0.4, 0.5) is 4.79 Å². The molecular weight excluding hydrogens is 220 g/mol. The van der Waals surface area contributed by atoms with E-state index in [1.54, 1.807) is 0 Å². The van der Waals surface area contributed by atoms with Crippen molar-refractivity contribution in [1.82, 2.24) is 10.6 Å². The first-order valence-corrected chi connectivity index (χ1v) is 5.57. The number of nitrogens with one attached hydrogen (secondary N) is 2. The van der Waals surface area contributed by atoms with Gasteiger partial charge in [-0.2, -0.15) is 0 Å². The minimum absolute atomic E-state index is 0.000202. The fourth-order valence-electron chi connectivity index (χ4n) is 1.24. The van der Waals surface area contributed by atoms with E-state index in [9.17, 15) is 4.79 Å². The zero-order valence-corrected chi connectivity index (χ0v) is 9.69. The molecule has 0 aliphatic heterocycles. The predicted octanol–water partition coefficient (Wildman–Crippen LogP) is 0.495. The summed E-state index contributed by atoms with van der Waals surface area (Å²) >= 11 is 0. The Morgan fingerprint density at radius 3 is 2.65 bits per heavy atom. The van der Waals surface area contributed by atoms with Gasteiger partial charge in [-0.3, -0.25) is 0 Å². The zero-order chi connectivity index (χ0) is 12.3. The third-order valence-electron chi connectivity index (χ3n) is 2.06. The van der Waals surface area contributed by atoms with Gasteiger partial charge in [0.15, 0.2) is 0 Å². The molecule has 5 heteroatoms. The van der Waals surface area contributed by atoms with E-state index in [0.717, 1.165) is 5.56 Å². The highest BCUT2D eigenvalue weighted by atomic mass is 16.5. The van der Waals surface area contributed by atoms with E-state index in [0.29, 0.717) is 26.3 Å². The van der Waals surface area contributed by atoms with Gasteiger partial charge in [-0.15, -0.1) is 0 Å². The SMILES string of the molecule is O=C(NCCOCCO)NCc1ccccc1. The number of hydrogen-bond donors (Lipinski definition) is 3. The molecule has 0 aliphatic carbocycles. The lowest BCUT2D eigenvalue weighted by Crippen LogP contribution is -2.37. The van der Waals surface area contributed by atoms with Gasteiger partial charge in [0.1, 0.15) is 0 Å². The second-order valence-corrected chi connectivity index (χ2v) is 3.43. The molecule has 0 aromatic heterocycles. The Labute approximate surface area is 101 Å². The van der Waals surface area contributed by atoms with Crippen LogP contribution in [0.3, 0.4) is 0 Å². The van der Waals surface area contributed by atoms with Crippen LogP contribution in [0, 0.1) is 0 Å². The fourth-order valence-corrected chi connectivity index (χ4v) is 1.24. The van der Waals surface area contributed by atoms with E-state index in [2.05, 4.69) is 10.6 Å². The van der Waals surface area contributed by atoms with Crippen LogP contribution >= 0.6 is 0 Å². The van der Waals surface area contributed by atoms with Crippen LogP contribution in [0.5, 0.6) is 0 Å². The summed E-state index contributed by atoms with van der Waals surface area (Å²) in [5.74, 6) is 0. The third-order valence-corrected chi connectivity index (χ3v) is 2.06. The number of carbonyl (C=O) groups excluding carboxylic acids is 1. The molecule has 2 amide bonds. The van der Waals surface area contributed by atoms with Crippen molar-refractivity contribution in [3.05, 3.63) is 35.9 Å². The average Bonchev–Trinajstić information content (AvgIpc) is 2.37. The first-order valence-electron chi connectivity index (χ1n) is 5.57. The molecule has 0 aliphatic rings. The molecule has 0 fully saturated rings. The number of carbonyl (C=O) groups is 1. The van der Waals surface area contributed by atoms with Crippen molar-refractivity contribution in [1.29, 1.82) is 0 Å². The van der Waals surface area contributed by atoms with Crippen molar-refractivity contribution in [2.24, 2.45) is 0 Å². The van der Waals surface area contributed by atoms with Gasteiger partial charge in [-0.05, 0) is 5.56 Å². The quantitative estimate of drug-likeness (QED) is 0.606. The predicted molar refractivity (Wildman–Crippen MR) is 64.6 cm³/mol. The van der Waals surface area contributed by atoms with Crippen molar-refractivity contribution >= 4 is 6.03 Å². The average molecular weight is 238 g/mol. The number of rotatable bonds is 7. The van der Waals surface area contributed by atoms with E-state index in [1.807, 2.05) is 30.3 Å². The summed E-state index contributed by atoms with van der Waals surface area (Å²) in [6, 6.07) is 9.47. The van der Waals surface area contributed by atoms with Gasteiger partial charge < -0.3 is 20.5 Å². The molecule has 5 nitrogen and oxygen atoms in total. The molecule has 1 aromatic carbocycles. The van der Waals surface area contributed by atoms with E-state index >= 15 is 0 Å². The van der Waals surface area contributed by atoms with Crippen molar-refractivity contribution in [2.45, 2.75) is 6.54 Å². The summed E-state index contributed by atoms with van der Waals surface area (Å²) in [6.07, 6.45) is 0. The molecule has 0 spiro atoms. The highest BCUT2D eigenvalue weighted by Crippen LogP contribution is 1.96. The van der Waals surface area contributed by atoms with Gasteiger partial charge in [0.2, 0.25) is 0 Å². The molecule has 17 heavy (non-hydrogen) atoms. The van der Waals surface area contributed by atoms with Crippen LogP contribution in [-0.2, 0) is 11.3 Å². The molecule has 1 rings (SSSR count). The van der Waals surface area contributed by atoms with Crippen LogP contribution < -0.4 is 10.6 Å². The number of aliphatic hydroxyl groups excluding tert-OH is 1. The Balaban J connectivity index is 2.05. The summed E-state index contributed by atoms with van der Waals surface area (Å²) in [6.45, 7) is 1.64. The molecule has 1 aromatic rings. The first-order chi connectivity index (χ1) is 8.33. The van der Waals surface area contributed by atoms with Gasteiger partial charge in [0.05, 0.1) is 19.8 Å². The number of urea groups is 1. The zero-order valence-electron chi connectivity index (χ0n) is 9.69. The molecule has 0 bridgehead atoms. The second kappa shape index (κ2) is 8.55. The number of ether oxygens (including phenoxy) is 1. The number of aliphatic hydroxyl groups is 1. The molecule has 0 unspecified atom stereocenters. The third kappa shape index (κ3) is 6.55. The highest BCUT2D eigenvalue weighted by molar-refractivity contribution is 5.73. The summed E-state index contributed by atoms with van der Waals surface area (Å²) < 4.78 is 5.00. The maximum Gasteiger partial charge on any atom is 0.315 e. The number of amides is 2. The molecule has 0 atom stereocenters. The lowest BCUT2D eigenvalue weighted by atomic mass is 10.2. The minimum atomic E-state index is -0.221. The lowest BCUT2D eigenvalue weighted by Gasteiger charge is -2.07. The smallest absolute Gasteiger partial charge is 0.315 e. The Morgan fingerprint density at radius 2 is 1.94 bits per heavy atom. The summed E-state index contributed by atoms with van der Waals surface area (Å²) in [5, 5.41) is 13.9. The van der Waals surface area contributed by atoms with Crippen molar-refractivity contribution in [3.8, 4) is 0 Å². The minimum Gasteiger partial charge on any atom is -0.394 e. The van der Waals surface area contributed by atoms with Gasteiger partial charge in [-0.1, -0.05) is 30.3 Å². The van der Waals surface area contributed by atoms with Gasteiger partial charge >= 0.3 is 6.03 Å². The van der Waals surface area contributed by atoms with Gasteiger partial charge in [-0.25, -0.2) is 4.79 Å². The van der Waals surface area contributed by atoms with E-state index < -0.39 is 0 Å². The first kappa shape index (κ1) is 13.5. The van der Waals surface area contributed by atoms with Crippen LogP contribution in [0.15, 0.2) is 30.3 Å². The van der Waals surface area contributed by atoms with Gasteiger partial charge in [0, 0.05) is 13.1 Å². The maximum atomic E-state index is 11.3. The molecular formula is C12H18N2O3. The van der Waals surface area contributed by atoms with Crippen molar-refractivity contribution in [2.75, 3.05) is 26.4 Å². The second-order valence-electron chi connectivity index (χ2n) is 3.43. The molecule has 94 valence electrons. The van der Waals surface area contributed by atoms with Crippen LogP contribution in [0.2, 0.25) is 0 Å². The maximum absolute atomic E-state index is 11.3. The summed E-state index contributed by atoms with van der Waals surface area (Å²) in [4.78, 5) is 11.3. The van der Waals surface area contributed by atoms with Crippen LogP contribution in [0.25, 0.3) is 0 Å². The Bertz CT molecular complexity index is 317. The monoisotopic (exact) mass is 238 g/mol. The molecule has 0 saturated carbocycles. The largest absolute Gasteiger partial charge is 0.394 e. The highest BCUT2D eigenvalue weighted by Gasteiger charge is 1.98. The topological polar surface area (TPSA) is 70.6 Å². The van der Waals surface area contributed by atoms with E-state index in [1.165, 1.54) is 0 Å². The Hall–Kier alpha value is -1.59. The standard InChI is InChI=1S/C12H18N2O3/c15-7-9-17-8-6-13-12(16)14-10-11-4-2-1-3-5-11/h1-5,15H,6-10H2,(H2,13,14,16). The number of benzene rings is 1. The molecule has 0 radical (unpaired) electrons. The molecule has 0 heterocycles. The Morgan fingerprint density at radius 1 is 1.18 bits per heavy atom. The van der Waals surface area contributed by atoms with Crippen molar-refractivity contribution < 1.29 is 14.6 Å². The summed E-state index contributed by atoms with van der Waals surface area (Å²) in [5.41, 5.74) is 1.05.